The number of aryl methyl sites for hydroxylation is 1. The minimum atomic E-state index is -0.0387. The molecule has 0 bridgehead atoms. The van der Waals surface area contributed by atoms with Crippen LogP contribution >= 0.6 is 11.6 Å². The standard InChI is InChI=1S/C6H7ClN2O/c1-4-5(3-10)2-8-6(7)9-4/h2,10H,3H2,1H3. The quantitative estimate of drug-likeness (QED) is 0.619. The van der Waals surface area contributed by atoms with Crippen LogP contribution in [0.5, 0.6) is 0 Å². The molecule has 0 saturated heterocycles. The summed E-state index contributed by atoms with van der Waals surface area (Å²) >= 11 is 5.47. The Bertz CT molecular complexity index is 239. The molecule has 0 unspecified atom stereocenters. The van der Waals surface area contributed by atoms with Crippen LogP contribution < -0.4 is 0 Å². The van der Waals surface area contributed by atoms with E-state index in [0.717, 1.165) is 5.69 Å². The molecule has 0 aliphatic heterocycles. The number of hydrogen-bond acceptors (Lipinski definition) is 3. The molecule has 54 valence electrons. The van der Waals surface area contributed by atoms with Gasteiger partial charge in [-0.25, -0.2) is 9.97 Å². The summed E-state index contributed by atoms with van der Waals surface area (Å²) in [5.41, 5.74) is 1.44. The van der Waals surface area contributed by atoms with Crippen molar-refractivity contribution in [2.24, 2.45) is 0 Å². The second-order valence-corrected chi connectivity index (χ2v) is 2.25. The van der Waals surface area contributed by atoms with Gasteiger partial charge in [0.05, 0.1) is 6.61 Å². The topological polar surface area (TPSA) is 46.0 Å². The zero-order chi connectivity index (χ0) is 7.56. The van der Waals surface area contributed by atoms with Crippen LogP contribution in [-0.2, 0) is 6.61 Å². The molecule has 1 N–H and O–H groups in total. The normalized spacial score (nSPS) is 9.90. The van der Waals surface area contributed by atoms with Gasteiger partial charge in [-0.15, -0.1) is 0 Å². The van der Waals surface area contributed by atoms with Crippen LogP contribution in [0.4, 0.5) is 0 Å². The van der Waals surface area contributed by atoms with Crippen molar-refractivity contribution in [2.75, 3.05) is 0 Å². The average molecular weight is 159 g/mol. The molecule has 10 heavy (non-hydrogen) atoms. The molecule has 0 atom stereocenters. The zero-order valence-electron chi connectivity index (χ0n) is 5.50. The predicted octanol–water partition coefficient (Wildman–Crippen LogP) is 0.931. The predicted molar refractivity (Wildman–Crippen MR) is 37.7 cm³/mol. The number of aliphatic hydroxyl groups is 1. The first-order valence-electron chi connectivity index (χ1n) is 2.83. The smallest absolute Gasteiger partial charge is 0.222 e. The number of aromatic nitrogens is 2. The van der Waals surface area contributed by atoms with Crippen LogP contribution in [-0.4, -0.2) is 15.1 Å². The Balaban J connectivity index is 3.07. The van der Waals surface area contributed by atoms with Crippen molar-refractivity contribution in [3.05, 3.63) is 22.7 Å². The van der Waals surface area contributed by atoms with Gasteiger partial charge in [0, 0.05) is 17.5 Å². The average Bonchev–Trinajstić information content (AvgIpc) is 1.88. The van der Waals surface area contributed by atoms with E-state index in [0.29, 0.717) is 5.56 Å². The van der Waals surface area contributed by atoms with Gasteiger partial charge in [-0.1, -0.05) is 0 Å². The molecule has 1 aromatic heterocycles. The van der Waals surface area contributed by atoms with E-state index in [1.54, 1.807) is 6.92 Å². The van der Waals surface area contributed by atoms with Gasteiger partial charge >= 0.3 is 0 Å². The van der Waals surface area contributed by atoms with E-state index < -0.39 is 0 Å². The highest BCUT2D eigenvalue weighted by Crippen LogP contribution is 2.06. The fraction of sp³-hybridized carbons (Fsp3) is 0.333. The monoisotopic (exact) mass is 158 g/mol. The van der Waals surface area contributed by atoms with E-state index in [2.05, 4.69) is 9.97 Å². The molecule has 1 heterocycles. The summed E-state index contributed by atoms with van der Waals surface area (Å²) in [6, 6.07) is 0. The van der Waals surface area contributed by atoms with Gasteiger partial charge in [0.25, 0.3) is 0 Å². The summed E-state index contributed by atoms with van der Waals surface area (Å²) in [6.07, 6.45) is 1.52. The van der Waals surface area contributed by atoms with Gasteiger partial charge in [0.1, 0.15) is 0 Å². The summed E-state index contributed by atoms with van der Waals surface area (Å²) < 4.78 is 0. The number of aliphatic hydroxyl groups excluding tert-OH is 1. The molecular weight excluding hydrogens is 152 g/mol. The highest BCUT2D eigenvalue weighted by Gasteiger charge is 1.98. The van der Waals surface area contributed by atoms with Crippen LogP contribution in [0.3, 0.4) is 0 Å². The number of halogens is 1. The molecular formula is C6H7ClN2O. The third kappa shape index (κ3) is 1.43. The Labute approximate surface area is 63.7 Å². The van der Waals surface area contributed by atoms with E-state index in [1.165, 1.54) is 6.20 Å². The molecule has 0 saturated carbocycles. The molecule has 1 rings (SSSR count). The first kappa shape index (κ1) is 7.44. The second kappa shape index (κ2) is 2.94. The lowest BCUT2D eigenvalue weighted by Gasteiger charge is -1.98. The molecule has 0 spiro atoms. The lowest BCUT2D eigenvalue weighted by Crippen LogP contribution is -1.94. The van der Waals surface area contributed by atoms with Gasteiger partial charge in [0.2, 0.25) is 5.28 Å². The second-order valence-electron chi connectivity index (χ2n) is 1.91. The fourth-order valence-electron chi connectivity index (χ4n) is 0.619. The summed E-state index contributed by atoms with van der Waals surface area (Å²) in [7, 11) is 0. The zero-order valence-corrected chi connectivity index (χ0v) is 6.26. The van der Waals surface area contributed by atoms with Gasteiger partial charge in [-0.2, -0.15) is 0 Å². The Kier molecular flexibility index (Phi) is 2.19. The van der Waals surface area contributed by atoms with Crippen LogP contribution in [0.2, 0.25) is 5.28 Å². The number of nitrogens with zero attached hydrogens (tertiary/aromatic N) is 2. The minimum Gasteiger partial charge on any atom is -0.392 e. The maximum Gasteiger partial charge on any atom is 0.222 e. The summed E-state index contributed by atoms with van der Waals surface area (Å²) in [4.78, 5) is 7.54. The van der Waals surface area contributed by atoms with Gasteiger partial charge in [-0.05, 0) is 18.5 Å². The van der Waals surface area contributed by atoms with Crippen molar-refractivity contribution in [1.82, 2.24) is 9.97 Å². The van der Waals surface area contributed by atoms with Crippen LogP contribution in [0.15, 0.2) is 6.20 Å². The lowest BCUT2D eigenvalue weighted by atomic mass is 10.3. The minimum absolute atomic E-state index is 0.0387. The highest BCUT2D eigenvalue weighted by atomic mass is 35.5. The van der Waals surface area contributed by atoms with Crippen molar-refractivity contribution >= 4 is 11.6 Å². The first-order chi connectivity index (χ1) is 4.74. The Morgan fingerprint density at radius 3 is 2.90 bits per heavy atom. The Morgan fingerprint density at radius 1 is 1.70 bits per heavy atom. The van der Waals surface area contributed by atoms with Gasteiger partial charge in [0.15, 0.2) is 0 Å². The largest absolute Gasteiger partial charge is 0.392 e. The molecule has 0 fully saturated rings. The van der Waals surface area contributed by atoms with Crippen molar-refractivity contribution in [1.29, 1.82) is 0 Å². The first-order valence-corrected chi connectivity index (χ1v) is 3.20. The molecule has 0 aromatic carbocycles. The van der Waals surface area contributed by atoms with Gasteiger partial charge < -0.3 is 5.11 Å². The van der Waals surface area contributed by atoms with Crippen molar-refractivity contribution in [3.63, 3.8) is 0 Å². The highest BCUT2D eigenvalue weighted by molar-refractivity contribution is 6.28. The van der Waals surface area contributed by atoms with Crippen molar-refractivity contribution in [3.8, 4) is 0 Å². The van der Waals surface area contributed by atoms with Crippen LogP contribution in [0.25, 0.3) is 0 Å². The summed E-state index contributed by atoms with van der Waals surface area (Å²) in [5, 5.41) is 8.90. The maximum absolute atomic E-state index is 8.69. The van der Waals surface area contributed by atoms with E-state index in [4.69, 9.17) is 16.7 Å². The van der Waals surface area contributed by atoms with E-state index in [1.807, 2.05) is 0 Å². The summed E-state index contributed by atoms with van der Waals surface area (Å²) in [5.74, 6) is 0. The molecule has 1 aromatic rings. The molecule has 0 aliphatic rings. The van der Waals surface area contributed by atoms with E-state index in [9.17, 15) is 0 Å². The lowest BCUT2D eigenvalue weighted by molar-refractivity contribution is 0.280. The van der Waals surface area contributed by atoms with E-state index >= 15 is 0 Å². The molecule has 3 nitrogen and oxygen atoms in total. The number of hydrogen-bond donors (Lipinski definition) is 1. The molecule has 4 heteroatoms. The maximum atomic E-state index is 8.69. The molecule has 0 aliphatic carbocycles. The van der Waals surface area contributed by atoms with Crippen molar-refractivity contribution < 1.29 is 5.11 Å². The SMILES string of the molecule is Cc1nc(Cl)ncc1CO. The fourth-order valence-corrected chi connectivity index (χ4v) is 0.794. The number of rotatable bonds is 1. The van der Waals surface area contributed by atoms with E-state index in [-0.39, 0.29) is 11.9 Å². The van der Waals surface area contributed by atoms with Crippen LogP contribution in [0.1, 0.15) is 11.3 Å². The third-order valence-electron chi connectivity index (χ3n) is 1.22. The third-order valence-corrected chi connectivity index (χ3v) is 1.40. The molecule has 0 radical (unpaired) electrons. The van der Waals surface area contributed by atoms with Gasteiger partial charge in [-0.3, -0.25) is 0 Å². The Morgan fingerprint density at radius 2 is 2.40 bits per heavy atom. The Hall–Kier alpha value is -0.670. The van der Waals surface area contributed by atoms with Crippen LogP contribution in [0, 0.1) is 6.92 Å². The van der Waals surface area contributed by atoms with Crippen molar-refractivity contribution in [2.45, 2.75) is 13.5 Å². The summed E-state index contributed by atoms with van der Waals surface area (Å²) in [6.45, 7) is 1.74. The molecule has 0 amide bonds.